The summed E-state index contributed by atoms with van der Waals surface area (Å²) in [6.07, 6.45) is 1.45. The zero-order chi connectivity index (χ0) is 21.4. The normalized spacial score (nSPS) is 15.3. The molecule has 2 aromatic carbocycles. The van der Waals surface area contributed by atoms with Crippen LogP contribution in [0.4, 0.5) is 10.5 Å². The summed E-state index contributed by atoms with van der Waals surface area (Å²) in [4.78, 5) is 37.5. The van der Waals surface area contributed by atoms with Gasteiger partial charge < -0.3 is 9.52 Å². The number of amides is 2. The third-order valence-corrected chi connectivity index (χ3v) is 5.67. The topological polar surface area (TPSA) is 87.8 Å². The lowest BCUT2D eigenvalue weighted by Gasteiger charge is -2.12. The summed E-state index contributed by atoms with van der Waals surface area (Å²) in [5, 5.41) is 9.45. The molecule has 0 aliphatic carbocycles. The monoisotopic (exact) mass is 459 g/mol. The summed E-state index contributed by atoms with van der Waals surface area (Å²) in [5.41, 5.74) is 0.851. The van der Waals surface area contributed by atoms with Crippen LogP contribution in [-0.2, 0) is 4.79 Å². The van der Waals surface area contributed by atoms with E-state index in [0.717, 1.165) is 16.7 Å². The van der Waals surface area contributed by atoms with Crippen LogP contribution in [0, 0.1) is 0 Å². The molecule has 0 saturated carbocycles. The van der Waals surface area contributed by atoms with Gasteiger partial charge in [0, 0.05) is 16.7 Å². The molecule has 0 radical (unpaired) electrons. The molecule has 1 aliphatic heterocycles. The SMILES string of the molecule is O=C(O)c1ccc(Cl)c(-c2ccc(/C=C3/SC(=O)N(c4cccc(Cl)c4)C3=O)o2)c1. The molecule has 1 saturated heterocycles. The summed E-state index contributed by atoms with van der Waals surface area (Å²) in [7, 11) is 0. The van der Waals surface area contributed by atoms with E-state index < -0.39 is 17.1 Å². The van der Waals surface area contributed by atoms with Crippen molar-refractivity contribution in [3.05, 3.63) is 80.9 Å². The third-order valence-electron chi connectivity index (χ3n) is 4.24. The van der Waals surface area contributed by atoms with Gasteiger partial charge in [-0.05, 0) is 60.3 Å². The van der Waals surface area contributed by atoms with Crippen molar-refractivity contribution in [1.29, 1.82) is 0 Å². The Balaban J connectivity index is 1.64. The molecule has 0 atom stereocenters. The van der Waals surface area contributed by atoms with Crippen LogP contribution < -0.4 is 4.90 Å². The van der Waals surface area contributed by atoms with Gasteiger partial charge in [0.2, 0.25) is 0 Å². The molecule has 1 aliphatic rings. The molecular formula is C21H11Cl2NO5S. The van der Waals surface area contributed by atoms with E-state index in [1.54, 1.807) is 30.3 Å². The summed E-state index contributed by atoms with van der Waals surface area (Å²) in [5.74, 6) is -0.924. The molecule has 2 amide bonds. The number of carboxylic acid groups (broad SMARTS) is 1. The smallest absolute Gasteiger partial charge is 0.335 e. The van der Waals surface area contributed by atoms with Crippen molar-refractivity contribution < 1.29 is 23.9 Å². The average Bonchev–Trinajstić information content (AvgIpc) is 3.26. The quantitative estimate of drug-likeness (QED) is 0.467. The lowest BCUT2D eigenvalue weighted by Crippen LogP contribution is -2.27. The highest BCUT2D eigenvalue weighted by Crippen LogP contribution is 2.37. The maximum absolute atomic E-state index is 12.7. The van der Waals surface area contributed by atoms with Crippen LogP contribution >= 0.6 is 35.0 Å². The zero-order valence-electron chi connectivity index (χ0n) is 15.0. The summed E-state index contributed by atoms with van der Waals surface area (Å²) in [6.45, 7) is 0. The van der Waals surface area contributed by atoms with Crippen LogP contribution in [0.5, 0.6) is 0 Å². The number of nitrogens with zero attached hydrogens (tertiary/aromatic N) is 1. The van der Waals surface area contributed by atoms with Gasteiger partial charge in [-0.1, -0.05) is 29.3 Å². The van der Waals surface area contributed by atoms with Crippen molar-refractivity contribution in [1.82, 2.24) is 0 Å². The first-order valence-electron chi connectivity index (χ1n) is 8.50. The maximum Gasteiger partial charge on any atom is 0.335 e. The molecular weight excluding hydrogens is 449 g/mol. The van der Waals surface area contributed by atoms with Gasteiger partial charge in [0.1, 0.15) is 11.5 Å². The number of imide groups is 1. The summed E-state index contributed by atoms with van der Waals surface area (Å²) in [6, 6.07) is 13.9. The predicted molar refractivity (Wildman–Crippen MR) is 116 cm³/mol. The Morgan fingerprint density at radius 1 is 1.07 bits per heavy atom. The predicted octanol–water partition coefficient (Wildman–Crippen LogP) is 6.19. The van der Waals surface area contributed by atoms with Gasteiger partial charge >= 0.3 is 5.97 Å². The number of furan rings is 1. The molecule has 6 nitrogen and oxygen atoms in total. The molecule has 4 rings (SSSR count). The highest BCUT2D eigenvalue weighted by atomic mass is 35.5. The lowest BCUT2D eigenvalue weighted by atomic mass is 10.1. The minimum Gasteiger partial charge on any atom is -0.478 e. The van der Waals surface area contributed by atoms with Crippen LogP contribution in [0.2, 0.25) is 10.0 Å². The molecule has 1 fully saturated rings. The van der Waals surface area contributed by atoms with Crippen molar-refractivity contribution in [3.63, 3.8) is 0 Å². The maximum atomic E-state index is 12.7. The van der Waals surface area contributed by atoms with Crippen LogP contribution in [0.15, 0.2) is 63.9 Å². The third kappa shape index (κ3) is 3.87. The Kier molecular flexibility index (Phi) is 5.42. The zero-order valence-corrected chi connectivity index (χ0v) is 17.3. The summed E-state index contributed by atoms with van der Waals surface area (Å²) < 4.78 is 5.72. The Hall–Kier alpha value is -3.00. The van der Waals surface area contributed by atoms with E-state index in [4.69, 9.17) is 32.7 Å². The van der Waals surface area contributed by atoms with E-state index in [0.29, 0.717) is 32.8 Å². The number of carbonyl (C=O) groups excluding carboxylic acids is 2. The standard InChI is InChI=1S/C21H11Cl2NO5S/c22-12-2-1-3-13(9-12)24-19(25)18(30-21(24)28)10-14-5-7-17(29-14)15-8-11(20(26)27)4-6-16(15)23/h1-10H,(H,26,27)/b18-10+. The number of hydrogen-bond donors (Lipinski definition) is 1. The van der Waals surface area contributed by atoms with E-state index >= 15 is 0 Å². The second kappa shape index (κ2) is 8.02. The molecule has 150 valence electrons. The van der Waals surface area contributed by atoms with Crippen molar-refractivity contribution in [3.8, 4) is 11.3 Å². The minimum atomic E-state index is -1.09. The van der Waals surface area contributed by atoms with Crippen molar-refractivity contribution >= 4 is 63.8 Å². The Morgan fingerprint density at radius 2 is 1.87 bits per heavy atom. The Bertz CT molecular complexity index is 1230. The number of anilines is 1. The average molecular weight is 460 g/mol. The van der Waals surface area contributed by atoms with Crippen molar-refractivity contribution in [2.24, 2.45) is 0 Å². The molecule has 1 aromatic heterocycles. The van der Waals surface area contributed by atoms with Gasteiger partial charge in [-0.15, -0.1) is 0 Å². The second-order valence-corrected chi connectivity index (χ2v) is 8.04. The van der Waals surface area contributed by atoms with Gasteiger partial charge in [-0.3, -0.25) is 9.59 Å². The minimum absolute atomic E-state index is 0.0648. The van der Waals surface area contributed by atoms with E-state index in [1.165, 1.54) is 30.3 Å². The van der Waals surface area contributed by atoms with Gasteiger partial charge in [-0.25, -0.2) is 9.69 Å². The highest BCUT2D eigenvalue weighted by Gasteiger charge is 2.36. The first kappa shape index (κ1) is 20.3. The number of benzene rings is 2. The Morgan fingerprint density at radius 3 is 2.60 bits per heavy atom. The Labute approximate surface area is 184 Å². The van der Waals surface area contributed by atoms with Gasteiger partial charge in [-0.2, -0.15) is 0 Å². The van der Waals surface area contributed by atoms with Crippen LogP contribution in [0.25, 0.3) is 17.4 Å². The first-order chi connectivity index (χ1) is 14.3. The number of hydrogen-bond acceptors (Lipinski definition) is 5. The van der Waals surface area contributed by atoms with Gasteiger partial charge in [0.25, 0.3) is 11.1 Å². The van der Waals surface area contributed by atoms with Crippen LogP contribution in [0.1, 0.15) is 16.1 Å². The molecule has 0 unspecified atom stereocenters. The number of thioether (sulfide) groups is 1. The number of aromatic carboxylic acids is 1. The largest absolute Gasteiger partial charge is 0.478 e. The van der Waals surface area contributed by atoms with Crippen LogP contribution in [0.3, 0.4) is 0 Å². The fourth-order valence-corrected chi connectivity index (χ4v) is 4.07. The molecule has 9 heteroatoms. The first-order valence-corrected chi connectivity index (χ1v) is 10.1. The second-order valence-electron chi connectivity index (χ2n) is 6.20. The van der Waals surface area contributed by atoms with E-state index in [9.17, 15) is 14.4 Å². The highest BCUT2D eigenvalue weighted by molar-refractivity contribution is 8.19. The van der Waals surface area contributed by atoms with Gasteiger partial charge in [0.05, 0.1) is 21.2 Å². The van der Waals surface area contributed by atoms with Crippen molar-refractivity contribution in [2.45, 2.75) is 0 Å². The fraction of sp³-hybridized carbons (Fsp3) is 0. The lowest BCUT2D eigenvalue weighted by molar-refractivity contribution is -0.113. The van der Waals surface area contributed by atoms with Crippen LogP contribution in [-0.4, -0.2) is 22.2 Å². The molecule has 2 heterocycles. The molecule has 1 N–H and O–H groups in total. The summed E-state index contributed by atoms with van der Waals surface area (Å²) >= 11 is 12.9. The van der Waals surface area contributed by atoms with E-state index in [1.807, 2.05) is 0 Å². The number of carboxylic acids is 1. The molecule has 0 spiro atoms. The van der Waals surface area contributed by atoms with Crippen molar-refractivity contribution in [2.75, 3.05) is 4.90 Å². The van der Waals surface area contributed by atoms with Gasteiger partial charge in [0.15, 0.2) is 0 Å². The fourth-order valence-electron chi connectivity index (χ4n) is 2.86. The number of halogens is 2. The number of rotatable bonds is 4. The van der Waals surface area contributed by atoms with E-state index in [2.05, 4.69) is 0 Å². The molecule has 0 bridgehead atoms. The molecule has 3 aromatic rings. The number of carbonyl (C=O) groups is 3. The van der Waals surface area contributed by atoms with E-state index in [-0.39, 0.29) is 10.5 Å². The molecule has 30 heavy (non-hydrogen) atoms.